The van der Waals surface area contributed by atoms with Gasteiger partial charge < -0.3 is 14.6 Å². The number of hydrogen-bond donors (Lipinski definition) is 1. The molecule has 0 radical (unpaired) electrons. The monoisotopic (exact) mass is 436 g/mol. The van der Waals surface area contributed by atoms with E-state index in [-0.39, 0.29) is 11.9 Å². The molecule has 31 heavy (non-hydrogen) atoms. The Morgan fingerprint density at radius 2 is 2.00 bits per heavy atom. The van der Waals surface area contributed by atoms with Gasteiger partial charge >= 0.3 is 0 Å². The molecule has 1 atom stereocenters. The minimum Gasteiger partial charge on any atom is -0.459 e. The number of anilines is 1. The highest BCUT2D eigenvalue weighted by Crippen LogP contribution is 2.45. The molecule has 1 N–H and O–H groups in total. The molecule has 7 heteroatoms. The summed E-state index contributed by atoms with van der Waals surface area (Å²) >= 11 is 1.74. The van der Waals surface area contributed by atoms with Crippen molar-refractivity contribution in [2.24, 2.45) is 0 Å². The topological polar surface area (TPSA) is 61.6 Å². The fourth-order valence-electron chi connectivity index (χ4n) is 4.72. The summed E-state index contributed by atoms with van der Waals surface area (Å²) in [5.41, 5.74) is 3.88. The standard InChI is InChI=1S/C24H28N4O2S/c1-27-11-13-28(14-12-27)22(17-6-4-10-25-16-17)21-18-7-2-3-9-20(18)31-24(21)26-23(29)19-8-5-15-30-19/h4-6,8,10,15-16,22H,2-3,7,9,11-14H2,1H3,(H,26,29)/t22-/m1/s1. The molecule has 0 unspecified atom stereocenters. The number of hydrogen-bond acceptors (Lipinski definition) is 6. The zero-order chi connectivity index (χ0) is 21.2. The molecule has 3 aromatic heterocycles. The Hall–Kier alpha value is -2.48. The number of amides is 1. The summed E-state index contributed by atoms with van der Waals surface area (Å²) in [6.45, 7) is 4.06. The van der Waals surface area contributed by atoms with Crippen LogP contribution in [0.1, 0.15) is 51.0 Å². The predicted octanol–water partition coefficient (Wildman–Crippen LogP) is 4.20. The highest BCUT2D eigenvalue weighted by Gasteiger charge is 2.33. The maximum absolute atomic E-state index is 12.9. The fourth-order valence-corrected chi connectivity index (χ4v) is 6.04. The number of carbonyl (C=O) groups is 1. The van der Waals surface area contributed by atoms with E-state index in [2.05, 4.69) is 33.2 Å². The van der Waals surface area contributed by atoms with Gasteiger partial charge in [-0.1, -0.05) is 6.07 Å². The SMILES string of the molecule is CN1CCN([C@H](c2cccnc2)c2c(NC(=O)c3ccco3)sc3c2CCCC3)CC1. The van der Waals surface area contributed by atoms with E-state index in [9.17, 15) is 4.79 Å². The van der Waals surface area contributed by atoms with Gasteiger partial charge in [-0.25, -0.2) is 0 Å². The summed E-state index contributed by atoms with van der Waals surface area (Å²) in [5, 5.41) is 4.16. The highest BCUT2D eigenvalue weighted by atomic mass is 32.1. The first-order valence-electron chi connectivity index (χ1n) is 11.0. The van der Waals surface area contributed by atoms with Crippen molar-refractivity contribution >= 4 is 22.2 Å². The Morgan fingerprint density at radius 3 is 2.74 bits per heavy atom. The third-order valence-electron chi connectivity index (χ3n) is 6.36. The molecule has 2 aliphatic rings. The van der Waals surface area contributed by atoms with Gasteiger partial charge in [0.25, 0.3) is 5.91 Å². The van der Waals surface area contributed by atoms with Crippen LogP contribution in [0.3, 0.4) is 0 Å². The molecule has 0 bridgehead atoms. The van der Waals surface area contributed by atoms with Crippen molar-refractivity contribution in [3.05, 3.63) is 70.3 Å². The Balaban J connectivity index is 1.59. The third kappa shape index (κ3) is 4.18. The Morgan fingerprint density at radius 1 is 1.16 bits per heavy atom. The lowest BCUT2D eigenvalue weighted by atomic mass is 9.89. The summed E-state index contributed by atoms with van der Waals surface area (Å²) in [6, 6.07) is 7.73. The number of thiophene rings is 1. The molecule has 5 rings (SSSR count). The van der Waals surface area contributed by atoms with E-state index in [1.54, 1.807) is 23.5 Å². The molecule has 6 nitrogen and oxygen atoms in total. The van der Waals surface area contributed by atoms with Crippen molar-refractivity contribution in [1.29, 1.82) is 0 Å². The Kier molecular flexibility index (Phi) is 5.89. The average molecular weight is 437 g/mol. The summed E-state index contributed by atoms with van der Waals surface area (Å²) in [7, 11) is 2.18. The molecular weight excluding hydrogens is 408 g/mol. The quantitative estimate of drug-likeness (QED) is 0.649. The Bertz CT molecular complexity index is 1020. The summed E-state index contributed by atoms with van der Waals surface area (Å²) < 4.78 is 5.35. The maximum Gasteiger partial charge on any atom is 0.291 e. The van der Waals surface area contributed by atoms with Crippen LogP contribution >= 0.6 is 11.3 Å². The largest absolute Gasteiger partial charge is 0.459 e. The van der Waals surface area contributed by atoms with Crippen LogP contribution in [-0.2, 0) is 12.8 Å². The summed E-state index contributed by atoms with van der Waals surface area (Å²) in [6.07, 6.45) is 9.92. The van der Waals surface area contributed by atoms with Crippen LogP contribution in [0.4, 0.5) is 5.00 Å². The minimum absolute atomic E-state index is 0.0902. The minimum atomic E-state index is -0.187. The fraction of sp³-hybridized carbons (Fsp3) is 0.417. The van der Waals surface area contributed by atoms with Crippen LogP contribution in [0.2, 0.25) is 0 Å². The lowest BCUT2D eigenvalue weighted by molar-refractivity contribution is 0.0996. The second kappa shape index (κ2) is 8.94. The number of nitrogens with one attached hydrogen (secondary N) is 1. The number of piperazine rings is 1. The van der Waals surface area contributed by atoms with Gasteiger partial charge in [0.15, 0.2) is 5.76 Å². The van der Waals surface area contributed by atoms with Gasteiger partial charge in [0.2, 0.25) is 0 Å². The number of aryl methyl sites for hydroxylation is 1. The lowest BCUT2D eigenvalue weighted by Gasteiger charge is -2.39. The number of pyridine rings is 1. The highest BCUT2D eigenvalue weighted by molar-refractivity contribution is 7.16. The van der Waals surface area contributed by atoms with E-state index in [1.807, 2.05) is 18.5 Å². The number of rotatable bonds is 5. The van der Waals surface area contributed by atoms with E-state index in [0.717, 1.165) is 44.0 Å². The maximum atomic E-state index is 12.9. The van der Waals surface area contributed by atoms with Crippen LogP contribution in [0.15, 0.2) is 47.3 Å². The van der Waals surface area contributed by atoms with Gasteiger partial charge in [0.05, 0.1) is 12.3 Å². The van der Waals surface area contributed by atoms with Crippen LogP contribution in [0.25, 0.3) is 0 Å². The van der Waals surface area contributed by atoms with E-state index in [1.165, 1.54) is 40.7 Å². The molecule has 4 heterocycles. The number of fused-ring (bicyclic) bond motifs is 1. The molecule has 1 fully saturated rings. The van der Waals surface area contributed by atoms with Crippen molar-refractivity contribution in [1.82, 2.24) is 14.8 Å². The van der Waals surface area contributed by atoms with Crippen molar-refractivity contribution in [3.63, 3.8) is 0 Å². The second-order valence-electron chi connectivity index (χ2n) is 8.41. The molecule has 0 saturated carbocycles. The molecule has 1 saturated heterocycles. The zero-order valence-corrected chi connectivity index (χ0v) is 18.7. The molecule has 3 aromatic rings. The van der Waals surface area contributed by atoms with Gasteiger partial charge in [-0.15, -0.1) is 11.3 Å². The first-order chi connectivity index (χ1) is 15.2. The smallest absolute Gasteiger partial charge is 0.291 e. The Labute approximate surface area is 186 Å². The van der Waals surface area contributed by atoms with Crippen molar-refractivity contribution in [2.75, 3.05) is 38.5 Å². The van der Waals surface area contributed by atoms with E-state index >= 15 is 0 Å². The summed E-state index contributed by atoms with van der Waals surface area (Å²) in [4.78, 5) is 23.7. The molecule has 1 amide bonds. The zero-order valence-electron chi connectivity index (χ0n) is 17.8. The third-order valence-corrected chi connectivity index (χ3v) is 7.58. The number of nitrogens with zero attached hydrogens (tertiary/aromatic N) is 3. The molecule has 162 valence electrons. The van der Waals surface area contributed by atoms with Gasteiger partial charge in [0, 0.05) is 49.0 Å². The van der Waals surface area contributed by atoms with Crippen LogP contribution < -0.4 is 5.32 Å². The van der Waals surface area contributed by atoms with Gasteiger partial charge in [0.1, 0.15) is 5.00 Å². The van der Waals surface area contributed by atoms with Gasteiger partial charge in [-0.05, 0) is 62.1 Å². The second-order valence-corrected chi connectivity index (χ2v) is 9.52. The number of carbonyl (C=O) groups excluding carboxylic acids is 1. The van der Waals surface area contributed by atoms with Crippen LogP contribution in [0, 0.1) is 0 Å². The molecule has 1 aliphatic heterocycles. The first-order valence-corrected chi connectivity index (χ1v) is 11.8. The number of likely N-dealkylation sites (N-methyl/N-ethyl adjacent to an activating group) is 1. The van der Waals surface area contributed by atoms with Crippen molar-refractivity contribution in [2.45, 2.75) is 31.7 Å². The van der Waals surface area contributed by atoms with Crippen molar-refractivity contribution < 1.29 is 9.21 Å². The van der Waals surface area contributed by atoms with Gasteiger partial charge in [-0.3, -0.25) is 14.7 Å². The molecule has 1 aliphatic carbocycles. The van der Waals surface area contributed by atoms with E-state index in [0.29, 0.717) is 5.76 Å². The normalized spacial score (nSPS) is 18.5. The summed E-state index contributed by atoms with van der Waals surface area (Å²) in [5.74, 6) is 0.156. The number of aromatic nitrogens is 1. The predicted molar refractivity (Wildman–Crippen MR) is 123 cm³/mol. The van der Waals surface area contributed by atoms with Crippen molar-refractivity contribution in [3.8, 4) is 0 Å². The van der Waals surface area contributed by atoms with Crippen LogP contribution in [0.5, 0.6) is 0 Å². The average Bonchev–Trinajstić information content (AvgIpc) is 3.45. The first kappa shape index (κ1) is 20.4. The number of furan rings is 1. The molecular formula is C24H28N4O2S. The lowest BCUT2D eigenvalue weighted by Crippen LogP contribution is -2.46. The van der Waals surface area contributed by atoms with Gasteiger partial charge in [-0.2, -0.15) is 0 Å². The van der Waals surface area contributed by atoms with E-state index < -0.39 is 0 Å². The molecule has 0 spiro atoms. The van der Waals surface area contributed by atoms with E-state index in [4.69, 9.17) is 4.42 Å². The van der Waals surface area contributed by atoms with Crippen LogP contribution in [-0.4, -0.2) is 53.9 Å². The molecule has 0 aromatic carbocycles.